The predicted molar refractivity (Wildman–Crippen MR) is 101 cm³/mol. The predicted octanol–water partition coefficient (Wildman–Crippen LogP) is 3.71. The third kappa shape index (κ3) is 3.22. The summed E-state index contributed by atoms with van der Waals surface area (Å²) in [7, 11) is 0. The SMILES string of the molecule is CC(=O)Nc1ncc2c(c1Cl)C1(CCN(Cc3ccccc3)CC1)OC2. The van der Waals surface area contributed by atoms with Gasteiger partial charge in [0.15, 0.2) is 5.82 Å². The lowest BCUT2D eigenvalue weighted by Gasteiger charge is -2.39. The normalized spacial score (nSPS) is 18.7. The number of rotatable bonds is 3. The van der Waals surface area contributed by atoms with Crippen LogP contribution in [0.15, 0.2) is 36.5 Å². The summed E-state index contributed by atoms with van der Waals surface area (Å²) in [5, 5.41) is 3.24. The second-order valence-corrected chi connectivity index (χ2v) is 7.42. The molecule has 1 saturated heterocycles. The van der Waals surface area contributed by atoms with Crippen LogP contribution in [0, 0.1) is 0 Å². The molecule has 0 aliphatic carbocycles. The zero-order chi connectivity index (χ0) is 18.1. The van der Waals surface area contributed by atoms with E-state index in [0.29, 0.717) is 17.4 Å². The van der Waals surface area contributed by atoms with Crippen LogP contribution in [0.25, 0.3) is 0 Å². The van der Waals surface area contributed by atoms with E-state index in [9.17, 15) is 4.79 Å². The van der Waals surface area contributed by atoms with Crippen molar-refractivity contribution in [1.29, 1.82) is 0 Å². The highest BCUT2D eigenvalue weighted by Crippen LogP contribution is 2.48. The van der Waals surface area contributed by atoms with Crippen LogP contribution in [-0.4, -0.2) is 28.9 Å². The highest BCUT2D eigenvalue weighted by atomic mass is 35.5. The van der Waals surface area contributed by atoms with Crippen LogP contribution in [0.4, 0.5) is 5.82 Å². The number of carbonyl (C=O) groups is 1. The van der Waals surface area contributed by atoms with Gasteiger partial charge in [-0.25, -0.2) is 4.98 Å². The van der Waals surface area contributed by atoms with Crippen molar-refractivity contribution >= 4 is 23.3 Å². The number of anilines is 1. The number of amides is 1. The summed E-state index contributed by atoms with van der Waals surface area (Å²) in [6.07, 6.45) is 3.55. The summed E-state index contributed by atoms with van der Waals surface area (Å²) in [6, 6.07) is 10.5. The molecule has 2 aliphatic rings. The Balaban J connectivity index is 1.53. The smallest absolute Gasteiger partial charge is 0.222 e. The monoisotopic (exact) mass is 371 g/mol. The highest BCUT2D eigenvalue weighted by Gasteiger charge is 2.45. The number of nitrogens with zero attached hydrogens (tertiary/aromatic N) is 2. The van der Waals surface area contributed by atoms with Crippen molar-refractivity contribution in [2.75, 3.05) is 18.4 Å². The number of ether oxygens (including phenoxy) is 1. The Morgan fingerprint density at radius 3 is 2.73 bits per heavy atom. The second kappa shape index (κ2) is 6.99. The van der Waals surface area contributed by atoms with Gasteiger partial charge in [-0.05, 0) is 18.4 Å². The van der Waals surface area contributed by atoms with E-state index in [2.05, 4.69) is 39.5 Å². The maximum atomic E-state index is 11.4. The van der Waals surface area contributed by atoms with Crippen LogP contribution in [0.1, 0.15) is 36.5 Å². The maximum absolute atomic E-state index is 11.4. The minimum atomic E-state index is -0.365. The Kier molecular flexibility index (Phi) is 4.69. The molecular weight excluding hydrogens is 350 g/mol. The summed E-state index contributed by atoms with van der Waals surface area (Å²) >= 11 is 6.62. The molecule has 2 aliphatic heterocycles. The molecule has 1 aromatic carbocycles. The molecule has 26 heavy (non-hydrogen) atoms. The molecule has 4 rings (SSSR count). The largest absolute Gasteiger partial charge is 0.365 e. The van der Waals surface area contributed by atoms with E-state index in [-0.39, 0.29) is 11.5 Å². The summed E-state index contributed by atoms with van der Waals surface area (Å²) in [5.74, 6) is 0.250. The number of likely N-dealkylation sites (tertiary alicyclic amines) is 1. The van der Waals surface area contributed by atoms with Crippen molar-refractivity contribution in [3.8, 4) is 0 Å². The molecule has 6 heteroatoms. The van der Waals surface area contributed by atoms with E-state index in [4.69, 9.17) is 16.3 Å². The minimum Gasteiger partial charge on any atom is -0.365 e. The van der Waals surface area contributed by atoms with Gasteiger partial charge in [0.05, 0.1) is 17.2 Å². The van der Waals surface area contributed by atoms with Crippen LogP contribution in [0.5, 0.6) is 0 Å². The van der Waals surface area contributed by atoms with Gasteiger partial charge in [0.2, 0.25) is 5.91 Å². The number of hydrogen-bond donors (Lipinski definition) is 1. The van der Waals surface area contributed by atoms with Gasteiger partial charge >= 0.3 is 0 Å². The van der Waals surface area contributed by atoms with Crippen molar-refractivity contribution in [2.45, 2.75) is 38.5 Å². The average Bonchev–Trinajstić information content (AvgIpc) is 2.99. The number of carbonyl (C=O) groups excluding carboxylic acids is 1. The number of pyridine rings is 1. The van der Waals surface area contributed by atoms with Gasteiger partial charge < -0.3 is 10.1 Å². The van der Waals surface area contributed by atoms with Crippen molar-refractivity contribution in [2.24, 2.45) is 0 Å². The molecule has 1 fully saturated rings. The van der Waals surface area contributed by atoms with Crippen molar-refractivity contribution < 1.29 is 9.53 Å². The fourth-order valence-electron chi connectivity index (χ4n) is 3.98. The maximum Gasteiger partial charge on any atom is 0.222 e. The molecule has 0 atom stereocenters. The first kappa shape index (κ1) is 17.5. The topological polar surface area (TPSA) is 54.5 Å². The van der Waals surface area contributed by atoms with Crippen LogP contribution in [-0.2, 0) is 28.3 Å². The van der Waals surface area contributed by atoms with Gasteiger partial charge in [0, 0.05) is 43.9 Å². The lowest BCUT2D eigenvalue weighted by molar-refractivity contribution is -0.114. The zero-order valence-corrected chi connectivity index (χ0v) is 15.6. The first-order chi connectivity index (χ1) is 12.6. The molecule has 2 aromatic rings. The van der Waals surface area contributed by atoms with Crippen molar-refractivity contribution in [3.05, 3.63) is 58.2 Å². The van der Waals surface area contributed by atoms with Gasteiger partial charge in [0.1, 0.15) is 0 Å². The molecule has 1 amide bonds. The molecular formula is C20H22ClN3O2. The fraction of sp³-hybridized carbons (Fsp3) is 0.400. The van der Waals surface area contributed by atoms with Gasteiger partial charge in [-0.15, -0.1) is 0 Å². The summed E-state index contributed by atoms with van der Waals surface area (Å²) in [4.78, 5) is 18.1. The Bertz CT molecular complexity index is 817. The number of fused-ring (bicyclic) bond motifs is 2. The summed E-state index contributed by atoms with van der Waals surface area (Å²) in [5.41, 5.74) is 3.00. The second-order valence-electron chi connectivity index (χ2n) is 7.05. The minimum absolute atomic E-state index is 0.176. The third-order valence-corrected chi connectivity index (χ3v) is 5.63. The van der Waals surface area contributed by atoms with E-state index in [1.54, 1.807) is 6.20 Å². The number of nitrogens with one attached hydrogen (secondary N) is 1. The molecule has 1 spiro atoms. The fourth-order valence-corrected chi connectivity index (χ4v) is 4.36. The molecule has 0 unspecified atom stereocenters. The van der Waals surface area contributed by atoms with E-state index < -0.39 is 0 Å². The quantitative estimate of drug-likeness (QED) is 0.893. The molecule has 0 radical (unpaired) electrons. The molecule has 0 bridgehead atoms. The van der Waals surface area contributed by atoms with E-state index >= 15 is 0 Å². The van der Waals surface area contributed by atoms with Crippen LogP contribution in [0.2, 0.25) is 5.02 Å². The lowest BCUT2D eigenvalue weighted by Crippen LogP contribution is -2.42. The van der Waals surface area contributed by atoms with Gasteiger partial charge in [-0.2, -0.15) is 0 Å². The van der Waals surface area contributed by atoms with Crippen LogP contribution >= 0.6 is 11.6 Å². The van der Waals surface area contributed by atoms with Crippen molar-refractivity contribution in [3.63, 3.8) is 0 Å². The molecule has 0 saturated carbocycles. The molecule has 136 valence electrons. The number of hydrogen-bond acceptors (Lipinski definition) is 4. The Labute approximate surface area is 158 Å². The molecule has 3 heterocycles. The molecule has 1 aromatic heterocycles. The third-order valence-electron chi connectivity index (χ3n) is 5.26. The van der Waals surface area contributed by atoms with E-state index in [1.807, 2.05) is 6.07 Å². The van der Waals surface area contributed by atoms with E-state index in [0.717, 1.165) is 43.6 Å². The van der Waals surface area contributed by atoms with Crippen LogP contribution in [0.3, 0.4) is 0 Å². The van der Waals surface area contributed by atoms with Gasteiger partial charge in [0.25, 0.3) is 0 Å². The number of halogens is 1. The highest BCUT2D eigenvalue weighted by molar-refractivity contribution is 6.34. The average molecular weight is 372 g/mol. The number of aromatic nitrogens is 1. The van der Waals surface area contributed by atoms with Gasteiger partial charge in [-0.3, -0.25) is 9.69 Å². The summed E-state index contributed by atoms with van der Waals surface area (Å²) in [6.45, 7) is 4.83. The zero-order valence-electron chi connectivity index (χ0n) is 14.8. The lowest BCUT2D eigenvalue weighted by atomic mass is 9.84. The van der Waals surface area contributed by atoms with Crippen molar-refractivity contribution in [1.82, 2.24) is 9.88 Å². The van der Waals surface area contributed by atoms with Crippen LogP contribution < -0.4 is 5.32 Å². The Morgan fingerprint density at radius 1 is 1.31 bits per heavy atom. The number of piperidine rings is 1. The first-order valence-corrected chi connectivity index (χ1v) is 9.31. The molecule has 5 nitrogen and oxygen atoms in total. The Morgan fingerprint density at radius 2 is 2.04 bits per heavy atom. The van der Waals surface area contributed by atoms with Gasteiger partial charge in [-0.1, -0.05) is 41.9 Å². The Hall–Kier alpha value is -1.95. The summed E-state index contributed by atoms with van der Waals surface area (Å²) < 4.78 is 6.23. The standard InChI is InChI=1S/C20H22ClN3O2/c1-14(25)23-19-18(21)17-16(11-22-19)13-26-20(17)7-9-24(10-8-20)12-15-5-3-2-4-6-15/h2-6,11H,7-10,12-13H2,1H3,(H,22,23,25). The molecule has 1 N–H and O–H groups in total. The van der Waals surface area contributed by atoms with E-state index in [1.165, 1.54) is 12.5 Å². The number of benzene rings is 1. The first-order valence-electron chi connectivity index (χ1n) is 8.93.